The Bertz CT molecular complexity index is 360. The molecule has 0 unspecified atom stereocenters. The van der Waals surface area contributed by atoms with E-state index in [0.29, 0.717) is 16.9 Å². The monoisotopic (exact) mass is 320 g/mol. The zero-order chi connectivity index (χ0) is 13.5. The van der Waals surface area contributed by atoms with E-state index < -0.39 is 11.6 Å². The van der Waals surface area contributed by atoms with E-state index in [0.717, 1.165) is 13.1 Å². The molecule has 18 heavy (non-hydrogen) atoms. The number of halogens is 3. The highest BCUT2D eigenvalue weighted by atomic mass is 79.9. The van der Waals surface area contributed by atoms with Gasteiger partial charge in [-0.3, -0.25) is 0 Å². The van der Waals surface area contributed by atoms with Crippen molar-refractivity contribution in [2.45, 2.75) is 20.4 Å². The molecule has 0 aromatic heterocycles. The van der Waals surface area contributed by atoms with Gasteiger partial charge in [0.1, 0.15) is 11.6 Å². The first kappa shape index (κ1) is 15.5. The van der Waals surface area contributed by atoms with Crippen molar-refractivity contribution in [3.8, 4) is 0 Å². The Balaban J connectivity index is 2.31. The molecular weight excluding hydrogens is 302 g/mol. The van der Waals surface area contributed by atoms with Crippen LogP contribution in [0.5, 0.6) is 0 Å². The van der Waals surface area contributed by atoms with Crippen LogP contribution in [0.2, 0.25) is 0 Å². The van der Waals surface area contributed by atoms with E-state index in [1.165, 1.54) is 12.1 Å². The first-order chi connectivity index (χ1) is 8.50. The van der Waals surface area contributed by atoms with Gasteiger partial charge in [0.25, 0.3) is 0 Å². The Kier molecular flexibility index (Phi) is 6.75. The molecule has 1 rings (SSSR count). The second kappa shape index (κ2) is 7.81. The molecule has 0 spiro atoms. The highest BCUT2D eigenvalue weighted by Crippen LogP contribution is 2.19. The van der Waals surface area contributed by atoms with E-state index in [4.69, 9.17) is 0 Å². The summed E-state index contributed by atoms with van der Waals surface area (Å²) in [5, 5.41) is 6.27. The molecule has 0 bridgehead atoms. The molecule has 0 saturated heterocycles. The Morgan fingerprint density at radius 2 is 1.67 bits per heavy atom. The Morgan fingerprint density at radius 3 is 2.22 bits per heavy atom. The smallest absolute Gasteiger partial charge is 0.131 e. The highest BCUT2D eigenvalue weighted by molar-refractivity contribution is 9.10. The molecule has 0 fully saturated rings. The van der Waals surface area contributed by atoms with Crippen LogP contribution in [0.25, 0.3) is 0 Å². The van der Waals surface area contributed by atoms with Crippen molar-refractivity contribution in [3.05, 3.63) is 33.8 Å². The van der Waals surface area contributed by atoms with Gasteiger partial charge in [0.2, 0.25) is 0 Å². The van der Waals surface area contributed by atoms with Crippen LogP contribution in [-0.4, -0.2) is 19.6 Å². The molecule has 102 valence electrons. The average molecular weight is 321 g/mol. The van der Waals surface area contributed by atoms with Crippen molar-refractivity contribution in [1.82, 2.24) is 10.6 Å². The van der Waals surface area contributed by atoms with Gasteiger partial charge in [0.15, 0.2) is 0 Å². The van der Waals surface area contributed by atoms with Crippen LogP contribution in [0.15, 0.2) is 16.6 Å². The summed E-state index contributed by atoms with van der Waals surface area (Å²) in [5.41, 5.74) is 0.0852. The third kappa shape index (κ3) is 5.42. The standard InChI is InChI=1S/C13H19BrF2N2/c1-9(2)7-17-3-4-18-8-11-12(15)5-10(14)6-13(11)16/h5-6,9,17-18H,3-4,7-8H2,1-2H3. The Labute approximate surface area is 115 Å². The minimum Gasteiger partial charge on any atom is -0.315 e. The quantitative estimate of drug-likeness (QED) is 0.754. The molecule has 0 saturated carbocycles. The minimum atomic E-state index is -0.524. The van der Waals surface area contributed by atoms with E-state index in [-0.39, 0.29) is 12.1 Å². The summed E-state index contributed by atoms with van der Waals surface area (Å²) in [6, 6.07) is 2.55. The third-order valence-corrected chi connectivity index (χ3v) is 2.90. The Morgan fingerprint density at radius 1 is 1.11 bits per heavy atom. The maximum absolute atomic E-state index is 13.5. The van der Waals surface area contributed by atoms with Crippen LogP contribution in [-0.2, 0) is 6.54 Å². The van der Waals surface area contributed by atoms with Gasteiger partial charge in [-0.15, -0.1) is 0 Å². The normalized spacial score (nSPS) is 11.2. The molecule has 2 nitrogen and oxygen atoms in total. The van der Waals surface area contributed by atoms with E-state index in [2.05, 4.69) is 40.4 Å². The first-order valence-corrected chi connectivity index (χ1v) is 6.85. The van der Waals surface area contributed by atoms with Crippen molar-refractivity contribution < 1.29 is 8.78 Å². The molecule has 0 radical (unpaired) electrons. The van der Waals surface area contributed by atoms with Crippen molar-refractivity contribution in [2.24, 2.45) is 5.92 Å². The second-order valence-electron chi connectivity index (χ2n) is 4.62. The molecule has 0 aliphatic heterocycles. The van der Waals surface area contributed by atoms with Gasteiger partial charge in [-0.2, -0.15) is 0 Å². The summed E-state index contributed by atoms with van der Waals surface area (Å²) in [6.07, 6.45) is 0. The maximum atomic E-state index is 13.5. The molecule has 0 aliphatic rings. The van der Waals surface area contributed by atoms with Crippen LogP contribution in [0.1, 0.15) is 19.4 Å². The second-order valence-corrected chi connectivity index (χ2v) is 5.54. The number of hydrogen-bond donors (Lipinski definition) is 2. The lowest BCUT2D eigenvalue weighted by atomic mass is 10.2. The molecule has 0 amide bonds. The summed E-state index contributed by atoms with van der Waals surface area (Å²) < 4.78 is 27.4. The predicted octanol–water partition coefficient (Wildman–Crippen LogP) is 3.06. The first-order valence-electron chi connectivity index (χ1n) is 6.05. The van der Waals surface area contributed by atoms with Crippen molar-refractivity contribution >= 4 is 15.9 Å². The van der Waals surface area contributed by atoms with Gasteiger partial charge in [0, 0.05) is 29.7 Å². The average Bonchev–Trinajstić information content (AvgIpc) is 2.25. The topological polar surface area (TPSA) is 24.1 Å². The Hall–Kier alpha value is -0.520. The number of benzene rings is 1. The molecule has 0 aliphatic carbocycles. The van der Waals surface area contributed by atoms with Crippen LogP contribution in [0.3, 0.4) is 0 Å². The molecule has 1 aromatic rings. The predicted molar refractivity (Wildman–Crippen MR) is 73.5 cm³/mol. The van der Waals surface area contributed by atoms with Crippen molar-refractivity contribution in [1.29, 1.82) is 0 Å². The summed E-state index contributed by atoms with van der Waals surface area (Å²) in [7, 11) is 0. The number of rotatable bonds is 7. The fourth-order valence-electron chi connectivity index (χ4n) is 1.52. The van der Waals surface area contributed by atoms with E-state index in [1.54, 1.807) is 0 Å². The van der Waals surface area contributed by atoms with Gasteiger partial charge < -0.3 is 10.6 Å². The van der Waals surface area contributed by atoms with E-state index in [9.17, 15) is 8.78 Å². The maximum Gasteiger partial charge on any atom is 0.131 e. The van der Waals surface area contributed by atoms with Gasteiger partial charge in [-0.05, 0) is 24.6 Å². The summed E-state index contributed by atoms with van der Waals surface area (Å²) >= 11 is 3.05. The van der Waals surface area contributed by atoms with Crippen LogP contribution < -0.4 is 10.6 Å². The van der Waals surface area contributed by atoms with Gasteiger partial charge in [-0.25, -0.2) is 8.78 Å². The van der Waals surface area contributed by atoms with Gasteiger partial charge >= 0.3 is 0 Å². The molecular formula is C13H19BrF2N2. The van der Waals surface area contributed by atoms with Crippen molar-refractivity contribution in [3.63, 3.8) is 0 Å². The van der Waals surface area contributed by atoms with Gasteiger partial charge in [-0.1, -0.05) is 29.8 Å². The van der Waals surface area contributed by atoms with Crippen LogP contribution in [0.4, 0.5) is 8.78 Å². The summed E-state index contributed by atoms with van der Waals surface area (Å²) in [5.74, 6) is -0.444. The molecule has 5 heteroatoms. The van der Waals surface area contributed by atoms with Crippen LogP contribution in [0, 0.1) is 17.6 Å². The number of nitrogens with one attached hydrogen (secondary N) is 2. The lowest BCUT2D eigenvalue weighted by Gasteiger charge is -2.09. The van der Waals surface area contributed by atoms with Gasteiger partial charge in [0.05, 0.1) is 0 Å². The zero-order valence-corrected chi connectivity index (χ0v) is 12.3. The SMILES string of the molecule is CC(C)CNCCNCc1c(F)cc(Br)cc1F. The largest absolute Gasteiger partial charge is 0.315 e. The zero-order valence-electron chi connectivity index (χ0n) is 10.7. The summed E-state index contributed by atoms with van der Waals surface area (Å²) in [4.78, 5) is 0. The fraction of sp³-hybridized carbons (Fsp3) is 0.538. The molecule has 0 heterocycles. The van der Waals surface area contributed by atoms with Crippen LogP contribution >= 0.6 is 15.9 Å². The third-order valence-electron chi connectivity index (χ3n) is 2.44. The molecule has 1 aromatic carbocycles. The molecule has 2 N–H and O–H groups in total. The highest BCUT2D eigenvalue weighted by Gasteiger charge is 2.09. The lowest BCUT2D eigenvalue weighted by Crippen LogP contribution is -2.29. The fourth-order valence-corrected chi connectivity index (χ4v) is 1.92. The molecule has 0 atom stereocenters. The van der Waals surface area contributed by atoms with E-state index in [1.807, 2.05) is 0 Å². The lowest BCUT2D eigenvalue weighted by molar-refractivity contribution is 0.514. The number of hydrogen-bond acceptors (Lipinski definition) is 2. The van der Waals surface area contributed by atoms with Crippen molar-refractivity contribution in [2.75, 3.05) is 19.6 Å². The summed E-state index contributed by atoms with van der Waals surface area (Å²) in [6.45, 7) is 6.89. The minimum absolute atomic E-state index is 0.0852. The van der Waals surface area contributed by atoms with E-state index >= 15 is 0 Å².